The molecule has 174 valence electrons. The van der Waals surface area contributed by atoms with Crippen LogP contribution in [0.4, 0.5) is 5.69 Å². The van der Waals surface area contributed by atoms with Crippen molar-refractivity contribution in [3.05, 3.63) is 28.8 Å². The number of nitrogens with one attached hydrogen (secondary N) is 1. The van der Waals surface area contributed by atoms with Gasteiger partial charge in [0, 0.05) is 76.2 Å². The number of aliphatic imine (C=N–C) groups is 1. The molecular weight excluding hydrogens is 408 g/mol. The molecule has 1 aromatic carbocycles. The lowest BCUT2D eigenvalue weighted by molar-refractivity contribution is 0.136. The van der Waals surface area contributed by atoms with Crippen LogP contribution in [0.3, 0.4) is 0 Å². The Kier molecular flexibility index (Phi) is 9.75. The predicted molar refractivity (Wildman–Crippen MR) is 134 cm³/mol. The molecule has 0 radical (unpaired) electrons. The molecule has 0 saturated carbocycles. The van der Waals surface area contributed by atoms with Gasteiger partial charge in [-0.05, 0) is 57.5 Å². The average molecular weight is 449 g/mol. The van der Waals surface area contributed by atoms with Gasteiger partial charge in [-0.3, -0.25) is 4.99 Å². The number of benzene rings is 1. The van der Waals surface area contributed by atoms with Crippen LogP contribution in [0, 0.1) is 6.92 Å². The smallest absolute Gasteiger partial charge is 0.194 e. The highest BCUT2D eigenvalue weighted by Crippen LogP contribution is 2.25. The molecule has 0 bridgehead atoms. The standard InChI is InChI=1S/C24H41ClN6/c1-4-26-24(27-10-6-7-11-29-14-12-28(5-2)13-15-29)31-18-16-30(17-19-31)23-20-22(25)9-8-21(23)3/h8-9,20H,4-7,10-19H2,1-3H3,(H,26,27). The van der Waals surface area contributed by atoms with Crippen molar-refractivity contribution in [2.45, 2.75) is 33.6 Å². The average Bonchev–Trinajstić information content (AvgIpc) is 2.80. The molecule has 1 aromatic rings. The van der Waals surface area contributed by atoms with E-state index < -0.39 is 0 Å². The number of piperazine rings is 2. The molecule has 31 heavy (non-hydrogen) atoms. The predicted octanol–water partition coefficient (Wildman–Crippen LogP) is 3.15. The van der Waals surface area contributed by atoms with E-state index in [1.807, 2.05) is 6.07 Å². The lowest BCUT2D eigenvalue weighted by Gasteiger charge is -2.38. The highest BCUT2D eigenvalue weighted by atomic mass is 35.5. The molecule has 2 saturated heterocycles. The number of anilines is 1. The Morgan fingerprint density at radius 3 is 2.35 bits per heavy atom. The summed E-state index contributed by atoms with van der Waals surface area (Å²) in [5.74, 6) is 1.07. The molecule has 2 heterocycles. The van der Waals surface area contributed by atoms with Crippen molar-refractivity contribution in [3.63, 3.8) is 0 Å². The molecule has 3 rings (SSSR count). The zero-order valence-electron chi connectivity index (χ0n) is 19.7. The minimum Gasteiger partial charge on any atom is -0.368 e. The van der Waals surface area contributed by atoms with Crippen LogP contribution in [-0.4, -0.2) is 99.2 Å². The number of hydrogen-bond donors (Lipinski definition) is 1. The van der Waals surface area contributed by atoms with Crippen molar-refractivity contribution in [1.82, 2.24) is 20.0 Å². The number of rotatable bonds is 8. The third-order valence-corrected chi connectivity index (χ3v) is 6.72. The second kappa shape index (κ2) is 12.5. The monoisotopic (exact) mass is 448 g/mol. The van der Waals surface area contributed by atoms with Crippen LogP contribution in [-0.2, 0) is 0 Å². The van der Waals surface area contributed by atoms with Crippen LogP contribution < -0.4 is 10.2 Å². The van der Waals surface area contributed by atoms with E-state index >= 15 is 0 Å². The molecule has 0 atom stereocenters. The van der Waals surface area contributed by atoms with E-state index in [0.29, 0.717) is 0 Å². The first kappa shape index (κ1) is 24.1. The Bertz CT molecular complexity index is 693. The molecule has 0 amide bonds. The maximum atomic E-state index is 6.23. The fraction of sp³-hybridized carbons (Fsp3) is 0.708. The SMILES string of the molecule is CCNC(=NCCCCN1CCN(CC)CC1)N1CCN(c2cc(Cl)ccc2C)CC1. The highest BCUT2D eigenvalue weighted by Gasteiger charge is 2.21. The summed E-state index contributed by atoms with van der Waals surface area (Å²) in [7, 11) is 0. The van der Waals surface area contributed by atoms with Gasteiger partial charge in [-0.15, -0.1) is 0 Å². The van der Waals surface area contributed by atoms with Gasteiger partial charge in [0.2, 0.25) is 0 Å². The summed E-state index contributed by atoms with van der Waals surface area (Å²) in [6.45, 7) is 19.6. The van der Waals surface area contributed by atoms with Crippen molar-refractivity contribution >= 4 is 23.2 Å². The number of guanidine groups is 1. The molecule has 0 aromatic heterocycles. The summed E-state index contributed by atoms with van der Waals surface area (Å²) in [5, 5.41) is 4.31. The number of likely N-dealkylation sites (N-methyl/N-ethyl adjacent to an activating group) is 1. The molecule has 6 nitrogen and oxygen atoms in total. The summed E-state index contributed by atoms with van der Waals surface area (Å²) in [6, 6.07) is 6.17. The fourth-order valence-corrected chi connectivity index (χ4v) is 4.64. The topological polar surface area (TPSA) is 37.4 Å². The minimum atomic E-state index is 0.810. The second-order valence-corrected chi connectivity index (χ2v) is 9.06. The van der Waals surface area contributed by atoms with Crippen molar-refractivity contribution in [2.24, 2.45) is 4.99 Å². The van der Waals surface area contributed by atoms with Gasteiger partial charge in [0.1, 0.15) is 0 Å². The Hall–Kier alpha value is -1.50. The van der Waals surface area contributed by atoms with Gasteiger partial charge in [0.15, 0.2) is 5.96 Å². The Morgan fingerprint density at radius 1 is 0.968 bits per heavy atom. The van der Waals surface area contributed by atoms with Crippen LogP contribution >= 0.6 is 11.6 Å². The maximum Gasteiger partial charge on any atom is 0.194 e. The van der Waals surface area contributed by atoms with E-state index in [1.54, 1.807) is 0 Å². The van der Waals surface area contributed by atoms with Crippen molar-refractivity contribution in [3.8, 4) is 0 Å². The first-order valence-corrected chi connectivity index (χ1v) is 12.5. The number of unbranched alkanes of at least 4 members (excludes halogenated alkanes) is 1. The van der Waals surface area contributed by atoms with E-state index in [2.05, 4.69) is 57.8 Å². The Morgan fingerprint density at radius 2 is 1.68 bits per heavy atom. The molecule has 1 N–H and O–H groups in total. The van der Waals surface area contributed by atoms with Gasteiger partial charge < -0.3 is 24.9 Å². The number of hydrogen-bond acceptors (Lipinski definition) is 4. The largest absolute Gasteiger partial charge is 0.368 e. The summed E-state index contributed by atoms with van der Waals surface area (Å²) in [6.07, 6.45) is 2.39. The fourth-order valence-electron chi connectivity index (χ4n) is 4.47. The van der Waals surface area contributed by atoms with E-state index in [9.17, 15) is 0 Å². The van der Waals surface area contributed by atoms with Crippen LogP contribution in [0.1, 0.15) is 32.3 Å². The van der Waals surface area contributed by atoms with Crippen LogP contribution in [0.25, 0.3) is 0 Å². The number of aryl methyl sites for hydroxylation is 1. The van der Waals surface area contributed by atoms with Gasteiger partial charge in [0.05, 0.1) is 0 Å². The van der Waals surface area contributed by atoms with Crippen molar-refractivity contribution < 1.29 is 0 Å². The second-order valence-electron chi connectivity index (χ2n) is 8.62. The first-order valence-electron chi connectivity index (χ1n) is 12.1. The highest BCUT2D eigenvalue weighted by molar-refractivity contribution is 6.30. The molecule has 0 aliphatic carbocycles. The van der Waals surface area contributed by atoms with Gasteiger partial charge in [0.25, 0.3) is 0 Å². The van der Waals surface area contributed by atoms with Crippen LogP contribution in [0.5, 0.6) is 0 Å². The molecular formula is C24H41ClN6. The first-order chi connectivity index (χ1) is 15.1. The molecule has 2 fully saturated rings. The van der Waals surface area contributed by atoms with E-state index in [4.69, 9.17) is 16.6 Å². The van der Waals surface area contributed by atoms with Crippen LogP contribution in [0.2, 0.25) is 5.02 Å². The van der Waals surface area contributed by atoms with Gasteiger partial charge in [-0.25, -0.2) is 0 Å². The normalized spacial score (nSPS) is 19.2. The van der Waals surface area contributed by atoms with Crippen molar-refractivity contribution in [1.29, 1.82) is 0 Å². The van der Waals surface area contributed by atoms with E-state index in [-0.39, 0.29) is 0 Å². The Balaban J connectivity index is 1.42. The zero-order valence-corrected chi connectivity index (χ0v) is 20.5. The summed E-state index contributed by atoms with van der Waals surface area (Å²) >= 11 is 6.23. The van der Waals surface area contributed by atoms with Crippen LogP contribution in [0.15, 0.2) is 23.2 Å². The maximum absolute atomic E-state index is 6.23. The third-order valence-electron chi connectivity index (χ3n) is 6.48. The number of halogens is 1. The third kappa shape index (κ3) is 7.26. The van der Waals surface area contributed by atoms with Gasteiger partial charge in [-0.1, -0.05) is 24.6 Å². The summed E-state index contributed by atoms with van der Waals surface area (Å²) in [5.41, 5.74) is 2.54. The quantitative estimate of drug-likeness (QED) is 0.375. The Labute approximate surface area is 194 Å². The van der Waals surface area contributed by atoms with Gasteiger partial charge >= 0.3 is 0 Å². The van der Waals surface area contributed by atoms with Gasteiger partial charge in [-0.2, -0.15) is 0 Å². The number of nitrogens with zero attached hydrogens (tertiary/aromatic N) is 5. The summed E-state index contributed by atoms with van der Waals surface area (Å²) in [4.78, 5) is 14.9. The molecule has 7 heteroatoms. The van der Waals surface area contributed by atoms with E-state index in [0.717, 1.165) is 56.7 Å². The zero-order chi connectivity index (χ0) is 22.1. The minimum absolute atomic E-state index is 0.810. The molecule has 2 aliphatic heterocycles. The van der Waals surface area contributed by atoms with E-state index in [1.165, 1.54) is 56.9 Å². The lowest BCUT2D eigenvalue weighted by atomic mass is 10.1. The molecule has 2 aliphatic rings. The molecule has 0 unspecified atom stereocenters. The lowest BCUT2D eigenvalue weighted by Crippen LogP contribution is -2.52. The molecule has 0 spiro atoms. The summed E-state index contributed by atoms with van der Waals surface area (Å²) < 4.78 is 0. The van der Waals surface area contributed by atoms with Crippen molar-refractivity contribution in [2.75, 3.05) is 83.4 Å².